The van der Waals surface area contributed by atoms with Crippen LogP contribution in [0.25, 0.3) is 0 Å². The van der Waals surface area contributed by atoms with Crippen LogP contribution in [-0.2, 0) is 18.9 Å². The van der Waals surface area contributed by atoms with Crippen LogP contribution in [-0.4, -0.2) is 62.5 Å². The van der Waals surface area contributed by atoms with E-state index in [0.29, 0.717) is 6.04 Å². The predicted molar refractivity (Wildman–Crippen MR) is 55.9 cm³/mol. The molecule has 0 saturated carbocycles. The molecule has 3 aliphatic rings. The Hall–Kier alpha value is -0.200. The van der Waals surface area contributed by atoms with E-state index >= 15 is 0 Å². The van der Waals surface area contributed by atoms with E-state index in [1.807, 2.05) is 0 Å². The van der Waals surface area contributed by atoms with Gasteiger partial charge >= 0.3 is 0 Å². The van der Waals surface area contributed by atoms with Gasteiger partial charge in [-0.2, -0.15) is 0 Å². The summed E-state index contributed by atoms with van der Waals surface area (Å²) in [5.41, 5.74) is 0. The molecule has 3 fully saturated rings. The molecule has 92 valence electrons. The maximum absolute atomic E-state index is 6.04. The maximum Gasteiger partial charge on any atom is 0.197 e. The molecule has 0 aromatic heterocycles. The highest BCUT2D eigenvalue weighted by Crippen LogP contribution is 2.35. The third-order valence-corrected chi connectivity index (χ3v) is 3.78. The maximum atomic E-state index is 6.04. The van der Waals surface area contributed by atoms with E-state index in [1.54, 1.807) is 7.11 Å². The predicted octanol–water partition coefficient (Wildman–Crippen LogP) is 0.193. The summed E-state index contributed by atoms with van der Waals surface area (Å²) in [4.78, 5) is 2.38. The van der Waals surface area contributed by atoms with Crippen LogP contribution in [0.15, 0.2) is 0 Å². The van der Waals surface area contributed by atoms with Gasteiger partial charge in [-0.15, -0.1) is 0 Å². The zero-order valence-corrected chi connectivity index (χ0v) is 9.80. The van der Waals surface area contributed by atoms with Crippen molar-refractivity contribution in [3.63, 3.8) is 0 Å². The van der Waals surface area contributed by atoms with Gasteiger partial charge in [-0.1, -0.05) is 0 Å². The number of methoxy groups -OCH3 is 1. The first-order valence-corrected chi connectivity index (χ1v) is 5.98. The van der Waals surface area contributed by atoms with E-state index in [0.717, 1.165) is 26.2 Å². The largest absolute Gasteiger partial charge is 0.376 e. The van der Waals surface area contributed by atoms with E-state index in [4.69, 9.17) is 18.9 Å². The number of ether oxygens (including phenoxy) is 4. The average molecular weight is 229 g/mol. The van der Waals surface area contributed by atoms with Gasteiger partial charge in [0.2, 0.25) is 0 Å². The van der Waals surface area contributed by atoms with Crippen LogP contribution in [0, 0.1) is 0 Å². The monoisotopic (exact) mass is 229 g/mol. The number of hydrogen-bond donors (Lipinski definition) is 0. The van der Waals surface area contributed by atoms with Crippen molar-refractivity contribution in [2.45, 2.75) is 44.1 Å². The summed E-state index contributed by atoms with van der Waals surface area (Å²) >= 11 is 0. The Morgan fingerprint density at radius 3 is 2.94 bits per heavy atom. The van der Waals surface area contributed by atoms with Crippen molar-refractivity contribution in [2.75, 3.05) is 26.9 Å². The first-order chi connectivity index (χ1) is 7.81. The van der Waals surface area contributed by atoms with E-state index in [2.05, 4.69) is 11.8 Å². The van der Waals surface area contributed by atoms with Gasteiger partial charge in [-0.25, -0.2) is 0 Å². The smallest absolute Gasteiger partial charge is 0.197 e. The van der Waals surface area contributed by atoms with Crippen LogP contribution in [0.3, 0.4) is 0 Å². The zero-order chi connectivity index (χ0) is 11.1. The molecule has 3 unspecified atom stereocenters. The Morgan fingerprint density at radius 1 is 1.25 bits per heavy atom. The fourth-order valence-electron chi connectivity index (χ4n) is 2.98. The quantitative estimate of drug-likeness (QED) is 0.642. The molecule has 0 aromatic carbocycles. The lowest BCUT2D eigenvalue weighted by Crippen LogP contribution is -2.53. The molecule has 0 radical (unpaired) electrons. The summed E-state index contributed by atoms with van der Waals surface area (Å²) in [6.07, 6.45) is 1.06. The minimum atomic E-state index is -0.258. The number of nitrogens with zero attached hydrogens (tertiary/aromatic N) is 1. The molecule has 0 aromatic rings. The lowest BCUT2D eigenvalue weighted by atomic mass is 10.0. The number of morpholine rings is 1. The molecule has 3 saturated heterocycles. The van der Waals surface area contributed by atoms with E-state index in [-0.39, 0.29) is 24.7 Å². The summed E-state index contributed by atoms with van der Waals surface area (Å²) < 4.78 is 22.5. The molecule has 0 N–H and O–H groups in total. The van der Waals surface area contributed by atoms with Gasteiger partial charge < -0.3 is 18.9 Å². The van der Waals surface area contributed by atoms with Crippen molar-refractivity contribution in [3.05, 3.63) is 0 Å². The van der Waals surface area contributed by atoms with Crippen molar-refractivity contribution in [3.8, 4) is 0 Å². The van der Waals surface area contributed by atoms with Crippen molar-refractivity contribution >= 4 is 0 Å². The molecule has 3 aliphatic heterocycles. The zero-order valence-electron chi connectivity index (χ0n) is 9.80. The molecule has 5 nitrogen and oxygen atoms in total. The topological polar surface area (TPSA) is 40.2 Å². The second-order valence-corrected chi connectivity index (χ2v) is 4.64. The van der Waals surface area contributed by atoms with Gasteiger partial charge in [0.05, 0.1) is 12.7 Å². The minimum absolute atomic E-state index is 0.0575. The molecule has 0 amide bonds. The molecule has 0 aliphatic carbocycles. The van der Waals surface area contributed by atoms with Gasteiger partial charge in [0.25, 0.3) is 0 Å². The molecule has 5 atom stereocenters. The van der Waals surface area contributed by atoms with E-state index in [9.17, 15) is 0 Å². The molecule has 0 spiro atoms. The third-order valence-electron chi connectivity index (χ3n) is 3.78. The fraction of sp³-hybridized carbons (Fsp3) is 1.00. The van der Waals surface area contributed by atoms with Crippen molar-refractivity contribution < 1.29 is 18.9 Å². The molecule has 3 heterocycles. The summed E-state index contributed by atoms with van der Waals surface area (Å²) in [6.45, 7) is 4.56. The molecular weight excluding hydrogens is 210 g/mol. The third kappa shape index (κ3) is 1.58. The van der Waals surface area contributed by atoms with Crippen LogP contribution in [0.5, 0.6) is 0 Å². The highest BCUT2D eigenvalue weighted by Gasteiger charge is 2.51. The van der Waals surface area contributed by atoms with Crippen LogP contribution in [0.4, 0.5) is 0 Å². The standard InChI is InChI=1S/C11H19NO4/c1-7-9-8(3-5-14-7)12-4-6-15-11(13-2)10(12)16-9/h7-11H,3-6H2,1-2H3/t7?,8-,9+,10?,11?/m0/s1. The highest BCUT2D eigenvalue weighted by molar-refractivity contribution is 4.96. The second kappa shape index (κ2) is 4.23. The minimum Gasteiger partial charge on any atom is -0.376 e. The molecular formula is C11H19NO4. The lowest BCUT2D eigenvalue weighted by molar-refractivity contribution is -0.246. The SMILES string of the molecule is COC1OCCN2C1O[C@@H]1C(C)OCC[C@@H]12. The summed E-state index contributed by atoms with van der Waals surface area (Å²) in [5, 5.41) is 0. The first-order valence-electron chi connectivity index (χ1n) is 5.98. The Balaban J connectivity index is 1.79. The van der Waals surface area contributed by atoms with Gasteiger partial charge in [-0.05, 0) is 13.3 Å². The van der Waals surface area contributed by atoms with Gasteiger partial charge in [0, 0.05) is 26.3 Å². The van der Waals surface area contributed by atoms with Gasteiger partial charge in [0.15, 0.2) is 12.5 Å². The van der Waals surface area contributed by atoms with Crippen LogP contribution in [0.2, 0.25) is 0 Å². The first kappa shape index (κ1) is 10.9. The molecule has 5 heteroatoms. The average Bonchev–Trinajstić information content (AvgIpc) is 2.69. The van der Waals surface area contributed by atoms with E-state index in [1.165, 1.54) is 0 Å². The van der Waals surface area contributed by atoms with Gasteiger partial charge in [-0.3, -0.25) is 4.90 Å². The molecule has 3 rings (SSSR count). The van der Waals surface area contributed by atoms with Crippen molar-refractivity contribution in [1.82, 2.24) is 4.90 Å². The van der Waals surface area contributed by atoms with Crippen LogP contribution >= 0.6 is 0 Å². The summed E-state index contributed by atoms with van der Waals surface area (Å²) in [5.74, 6) is 0. The van der Waals surface area contributed by atoms with Gasteiger partial charge in [0.1, 0.15) is 6.10 Å². The lowest BCUT2D eigenvalue weighted by Gasteiger charge is -2.37. The second-order valence-electron chi connectivity index (χ2n) is 4.64. The van der Waals surface area contributed by atoms with Crippen molar-refractivity contribution in [1.29, 1.82) is 0 Å². The number of rotatable bonds is 1. The van der Waals surface area contributed by atoms with Crippen LogP contribution < -0.4 is 0 Å². The Kier molecular flexibility index (Phi) is 2.89. The number of fused-ring (bicyclic) bond motifs is 3. The van der Waals surface area contributed by atoms with Crippen LogP contribution in [0.1, 0.15) is 13.3 Å². The molecule has 0 bridgehead atoms. The summed E-state index contributed by atoms with van der Waals surface area (Å²) in [7, 11) is 1.67. The number of hydrogen-bond acceptors (Lipinski definition) is 5. The normalized spacial score (nSPS) is 48.8. The fourth-order valence-corrected chi connectivity index (χ4v) is 2.98. The highest BCUT2D eigenvalue weighted by atomic mass is 16.7. The molecule has 16 heavy (non-hydrogen) atoms. The van der Waals surface area contributed by atoms with E-state index < -0.39 is 0 Å². The van der Waals surface area contributed by atoms with Crippen molar-refractivity contribution in [2.24, 2.45) is 0 Å². The summed E-state index contributed by atoms with van der Waals surface area (Å²) in [6, 6.07) is 0.468. The Bertz CT molecular complexity index is 262. The Morgan fingerprint density at radius 2 is 2.12 bits per heavy atom. The Labute approximate surface area is 95.6 Å².